The third-order valence-electron chi connectivity index (χ3n) is 4.16. The molecule has 0 aromatic heterocycles. The standard InChI is InChI=1S/C20H26N2O3S/c1-16-11-13-19(14-12-16)22(26(3,24)25)17(2)20(23)21-15-7-10-18-8-5-4-6-9-18/h4-6,8-9,11-14,17H,7,10,15H2,1-3H3,(H,21,23)/t17-/m1/s1. The van der Waals surface area contributed by atoms with E-state index in [9.17, 15) is 13.2 Å². The number of anilines is 1. The van der Waals surface area contributed by atoms with Crippen molar-refractivity contribution < 1.29 is 13.2 Å². The lowest BCUT2D eigenvalue weighted by Gasteiger charge is -2.28. The van der Waals surface area contributed by atoms with Gasteiger partial charge in [0.2, 0.25) is 15.9 Å². The molecule has 5 nitrogen and oxygen atoms in total. The van der Waals surface area contributed by atoms with Crippen LogP contribution in [0.5, 0.6) is 0 Å². The molecule has 1 N–H and O–H groups in total. The Labute approximate surface area is 156 Å². The first-order chi connectivity index (χ1) is 12.3. The molecular formula is C20H26N2O3S. The third-order valence-corrected chi connectivity index (χ3v) is 5.40. The molecule has 0 saturated carbocycles. The van der Waals surface area contributed by atoms with Gasteiger partial charge in [-0.2, -0.15) is 0 Å². The Hall–Kier alpha value is -2.34. The lowest BCUT2D eigenvalue weighted by atomic mass is 10.1. The highest BCUT2D eigenvalue weighted by Crippen LogP contribution is 2.21. The van der Waals surface area contributed by atoms with Gasteiger partial charge in [-0.15, -0.1) is 0 Å². The van der Waals surface area contributed by atoms with Crippen molar-refractivity contribution in [1.82, 2.24) is 5.32 Å². The molecular weight excluding hydrogens is 348 g/mol. The van der Waals surface area contributed by atoms with Crippen LogP contribution in [-0.2, 0) is 21.2 Å². The minimum Gasteiger partial charge on any atom is -0.354 e. The average molecular weight is 375 g/mol. The second kappa shape index (κ2) is 8.85. The van der Waals surface area contributed by atoms with Crippen LogP contribution in [0.2, 0.25) is 0 Å². The Kier molecular flexibility index (Phi) is 6.80. The number of aryl methyl sites for hydroxylation is 2. The molecule has 0 bridgehead atoms. The van der Waals surface area contributed by atoms with Gasteiger partial charge in [0, 0.05) is 6.54 Å². The molecule has 0 heterocycles. The van der Waals surface area contributed by atoms with Crippen molar-refractivity contribution in [2.75, 3.05) is 17.1 Å². The van der Waals surface area contributed by atoms with Crippen molar-refractivity contribution in [1.29, 1.82) is 0 Å². The van der Waals surface area contributed by atoms with Gasteiger partial charge in [0.05, 0.1) is 11.9 Å². The summed E-state index contributed by atoms with van der Waals surface area (Å²) in [5.74, 6) is -0.302. The largest absolute Gasteiger partial charge is 0.354 e. The number of carbonyl (C=O) groups is 1. The van der Waals surface area contributed by atoms with Gasteiger partial charge in [-0.25, -0.2) is 8.42 Å². The zero-order valence-electron chi connectivity index (χ0n) is 15.5. The van der Waals surface area contributed by atoms with E-state index in [4.69, 9.17) is 0 Å². The van der Waals surface area contributed by atoms with Gasteiger partial charge in [-0.05, 0) is 44.4 Å². The molecule has 0 aliphatic heterocycles. The molecule has 0 fully saturated rings. The van der Waals surface area contributed by atoms with Crippen molar-refractivity contribution in [3.8, 4) is 0 Å². The fourth-order valence-electron chi connectivity index (χ4n) is 2.80. The first-order valence-corrected chi connectivity index (χ1v) is 10.5. The number of amides is 1. The summed E-state index contributed by atoms with van der Waals surface area (Å²) in [4.78, 5) is 12.5. The van der Waals surface area contributed by atoms with E-state index in [2.05, 4.69) is 5.32 Å². The van der Waals surface area contributed by atoms with E-state index in [0.29, 0.717) is 12.2 Å². The highest BCUT2D eigenvalue weighted by Gasteiger charge is 2.28. The minimum absolute atomic E-state index is 0.302. The van der Waals surface area contributed by atoms with Crippen molar-refractivity contribution >= 4 is 21.6 Å². The zero-order chi connectivity index (χ0) is 19.2. The summed E-state index contributed by atoms with van der Waals surface area (Å²) >= 11 is 0. The molecule has 0 aliphatic carbocycles. The summed E-state index contributed by atoms with van der Waals surface area (Å²) in [6, 6.07) is 16.3. The number of rotatable bonds is 8. The lowest BCUT2D eigenvalue weighted by molar-refractivity contribution is -0.121. The Bertz CT molecular complexity index is 818. The van der Waals surface area contributed by atoms with Crippen LogP contribution in [0.1, 0.15) is 24.5 Å². The van der Waals surface area contributed by atoms with Gasteiger partial charge in [-0.3, -0.25) is 9.10 Å². The van der Waals surface area contributed by atoms with Gasteiger partial charge in [0.1, 0.15) is 6.04 Å². The number of benzene rings is 2. The van der Waals surface area contributed by atoms with E-state index in [0.717, 1.165) is 24.7 Å². The molecule has 2 rings (SSSR count). The highest BCUT2D eigenvalue weighted by molar-refractivity contribution is 7.92. The molecule has 6 heteroatoms. The van der Waals surface area contributed by atoms with Gasteiger partial charge < -0.3 is 5.32 Å². The fourth-order valence-corrected chi connectivity index (χ4v) is 3.97. The van der Waals surface area contributed by atoms with Crippen LogP contribution >= 0.6 is 0 Å². The second-order valence-corrected chi connectivity index (χ2v) is 8.31. The smallest absolute Gasteiger partial charge is 0.243 e. The quantitative estimate of drug-likeness (QED) is 0.723. The Morgan fingerprint density at radius 1 is 1.08 bits per heavy atom. The van der Waals surface area contributed by atoms with E-state index in [-0.39, 0.29) is 5.91 Å². The average Bonchev–Trinajstić information content (AvgIpc) is 2.60. The van der Waals surface area contributed by atoms with E-state index in [1.54, 1.807) is 19.1 Å². The van der Waals surface area contributed by atoms with E-state index >= 15 is 0 Å². The predicted molar refractivity (Wildman–Crippen MR) is 106 cm³/mol. The number of hydrogen-bond donors (Lipinski definition) is 1. The molecule has 140 valence electrons. The summed E-state index contributed by atoms with van der Waals surface area (Å²) in [6.07, 6.45) is 2.78. The maximum Gasteiger partial charge on any atom is 0.243 e. The van der Waals surface area contributed by atoms with Crippen LogP contribution in [0.15, 0.2) is 54.6 Å². The summed E-state index contributed by atoms with van der Waals surface area (Å²) < 4.78 is 25.6. The van der Waals surface area contributed by atoms with Crippen LogP contribution in [0, 0.1) is 6.92 Å². The number of hydrogen-bond acceptors (Lipinski definition) is 3. The molecule has 0 spiro atoms. The molecule has 2 aromatic carbocycles. The van der Waals surface area contributed by atoms with Crippen molar-refractivity contribution in [2.24, 2.45) is 0 Å². The Morgan fingerprint density at radius 2 is 1.69 bits per heavy atom. The molecule has 0 unspecified atom stereocenters. The first-order valence-electron chi connectivity index (χ1n) is 8.67. The van der Waals surface area contributed by atoms with Crippen LogP contribution < -0.4 is 9.62 Å². The Balaban J connectivity index is 1.98. The topological polar surface area (TPSA) is 66.5 Å². The molecule has 0 radical (unpaired) electrons. The number of nitrogens with one attached hydrogen (secondary N) is 1. The third kappa shape index (κ3) is 5.59. The summed E-state index contributed by atoms with van der Waals surface area (Å²) in [6.45, 7) is 4.04. The minimum atomic E-state index is -3.58. The Morgan fingerprint density at radius 3 is 2.27 bits per heavy atom. The molecule has 1 amide bonds. The summed E-state index contributed by atoms with van der Waals surface area (Å²) in [7, 11) is -3.58. The van der Waals surface area contributed by atoms with E-state index in [1.165, 1.54) is 9.87 Å². The van der Waals surface area contributed by atoms with Gasteiger partial charge in [0.15, 0.2) is 0 Å². The maximum absolute atomic E-state index is 12.5. The van der Waals surface area contributed by atoms with E-state index in [1.807, 2.05) is 49.4 Å². The maximum atomic E-state index is 12.5. The van der Waals surface area contributed by atoms with Crippen molar-refractivity contribution in [3.63, 3.8) is 0 Å². The lowest BCUT2D eigenvalue weighted by Crippen LogP contribution is -2.48. The highest BCUT2D eigenvalue weighted by atomic mass is 32.2. The van der Waals surface area contributed by atoms with Crippen molar-refractivity contribution in [2.45, 2.75) is 32.7 Å². The molecule has 26 heavy (non-hydrogen) atoms. The summed E-state index contributed by atoms with van der Waals surface area (Å²) in [5, 5.41) is 2.84. The molecule has 0 aliphatic rings. The van der Waals surface area contributed by atoms with Crippen LogP contribution in [0.3, 0.4) is 0 Å². The van der Waals surface area contributed by atoms with Gasteiger partial charge in [-0.1, -0.05) is 48.0 Å². The second-order valence-electron chi connectivity index (χ2n) is 6.45. The summed E-state index contributed by atoms with van der Waals surface area (Å²) in [5.41, 5.74) is 2.73. The monoisotopic (exact) mass is 374 g/mol. The molecule has 1 atom stereocenters. The van der Waals surface area contributed by atoms with Gasteiger partial charge in [0.25, 0.3) is 0 Å². The van der Waals surface area contributed by atoms with Crippen LogP contribution in [0.4, 0.5) is 5.69 Å². The number of sulfonamides is 1. The van der Waals surface area contributed by atoms with Crippen LogP contribution in [0.25, 0.3) is 0 Å². The first kappa shape index (κ1) is 20.0. The SMILES string of the molecule is Cc1ccc(N([C@H](C)C(=O)NCCCc2ccccc2)S(C)(=O)=O)cc1. The predicted octanol–water partition coefficient (Wildman–Crippen LogP) is 2.90. The van der Waals surface area contributed by atoms with E-state index < -0.39 is 16.1 Å². The van der Waals surface area contributed by atoms with Crippen LogP contribution in [-0.4, -0.2) is 33.2 Å². The molecule has 0 saturated heterocycles. The fraction of sp³-hybridized carbons (Fsp3) is 0.350. The van der Waals surface area contributed by atoms with Crippen molar-refractivity contribution in [3.05, 3.63) is 65.7 Å². The molecule has 2 aromatic rings. The number of nitrogens with zero attached hydrogens (tertiary/aromatic N) is 1. The zero-order valence-corrected chi connectivity index (χ0v) is 16.3. The van der Waals surface area contributed by atoms with Gasteiger partial charge >= 0.3 is 0 Å². The number of carbonyl (C=O) groups excluding carboxylic acids is 1. The normalized spacial score (nSPS) is 12.4.